The number of benzene rings is 12. The smallest absolute Gasteiger partial charge is 0.252 e. The number of thiophene rings is 2. The third-order valence-corrected chi connectivity index (χ3v) is 19.9. The van der Waals surface area contributed by atoms with Gasteiger partial charge < -0.3 is 14.7 Å². The highest BCUT2D eigenvalue weighted by Gasteiger charge is 2.55. The van der Waals surface area contributed by atoms with Gasteiger partial charge in [0, 0.05) is 80.0 Å². The largest absolute Gasteiger partial charge is 0.311 e. The van der Waals surface area contributed by atoms with Gasteiger partial charge in [0.25, 0.3) is 6.71 Å². The quantitative estimate of drug-likeness (QED) is 0.159. The van der Waals surface area contributed by atoms with Crippen LogP contribution in [-0.2, 0) is 5.41 Å². The molecule has 0 fully saturated rings. The van der Waals surface area contributed by atoms with Gasteiger partial charge in [0.1, 0.15) is 0 Å². The molecule has 2 aliphatic heterocycles. The molecule has 0 amide bonds. The fourth-order valence-electron chi connectivity index (χ4n) is 14.7. The normalized spacial score (nSPS) is 13.8. The van der Waals surface area contributed by atoms with Crippen molar-refractivity contribution in [2.45, 2.75) is 5.41 Å². The summed E-state index contributed by atoms with van der Waals surface area (Å²) in [6, 6.07) is 101. The Hall–Kier alpha value is -9.46. The monoisotopic (exact) mass is 1040 g/mol. The van der Waals surface area contributed by atoms with Crippen LogP contribution < -0.4 is 31.1 Å². The van der Waals surface area contributed by atoms with Crippen LogP contribution in [0.5, 0.6) is 0 Å². The Morgan fingerprint density at radius 2 is 0.835 bits per heavy atom. The van der Waals surface area contributed by atoms with Crippen molar-refractivity contribution in [2.75, 3.05) is 14.7 Å². The van der Waals surface area contributed by atoms with Crippen molar-refractivity contribution in [1.82, 2.24) is 0 Å². The highest BCUT2D eigenvalue weighted by molar-refractivity contribution is 7.26. The molecule has 0 saturated carbocycles. The van der Waals surface area contributed by atoms with Crippen molar-refractivity contribution in [3.8, 4) is 22.3 Å². The highest BCUT2D eigenvalue weighted by Crippen LogP contribution is 2.65. The molecule has 2 aromatic heterocycles. The minimum absolute atomic E-state index is 0.126. The van der Waals surface area contributed by atoms with E-state index in [-0.39, 0.29) is 6.71 Å². The number of rotatable bonds is 5. The van der Waals surface area contributed by atoms with E-state index < -0.39 is 5.41 Å². The first-order valence-corrected chi connectivity index (χ1v) is 28.9. The molecule has 4 aliphatic rings. The molecule has 0 bridgehead atoms. The first-order valence-electron chi connectivity index (χ1n) is 27.3. The second kappa shape index (κ2) is 16.3. The molecule has 0 radical (unpaired) electrons. The van der Waals surface area contributed by atoms with Crippen LogP contribution in [0.15, 0.2) is 267 Å². The standard InChI is InChI=1S/C73H44BN3S2/c1-4-21-45(22-5-1)75(60-35-20-38-65-68(60)52-30-13-18-36-63(52)78-65)48-43-61-70-62(44-48)77(47-25-8-3-9-26-47)72-59(41-42-66-69(72)53-31-14-19-37-64(53)79-66)74(70)58-40-39-57-67(71(58)76(61)46-23-6-2-7-24-46)51-29-12-17-34-56(51)73(57)54-32-15-10-27-49(54)50-28-11-16-33-55(50)73/h1-44H. The van der Waals surface area contributed by atoms with E-state index in [1.54, 1.807) is 0 Å². The van der Waals surface area contributed by atoms with E-state index in [1.165, 1.54) is 124 Å². The summed E-state index contributed by atoms with van der Waals surface area (Å²) in [4.78, 5) is 7.82. The Morgan fingerprint density at radius 1 is 0.354 bits per heavy atom. The Balaban J connectivity index is 1.03. The summed E-state index contributed by atoms with van der Waals surface area (Å²) in [6.45, 7) is -0.126. The predicted octanol–water partition coefficient (Wildman–Crippen LogP) is 18.3. The number of para-hydroxylation sites is 3. The maximum absolute atomic E-state index is 2.66. The molecule has 0 unspecified atom stereocenters. The molecular formula is C73H44BN3S2. The zero-order valence-electron chi connectivity index (χ0n) is 42.6. The van der Waals surface area contributed by atoms with Gasteiger partial charge in [-0.25, -0.2) is 0 Å². The van der Waals surface area contributed by atoms with E-state index in [0.29, 0.717) is 0 Å². The Bertz CT molecular complexity index is 4840. The molecule has 12 aromatic carbocycles. The van der Waals surface area contributed by atoms with Gasteiger partial charge in [0.2, 0.25) is 0 Å². The molecule has 18 rings (SSSR count). The zero-order valence-corrected chi connectivity index (χ0v) is 44.3. The second-order valence-electron chi connectivity index (χ2n) is 21.4. The van der Waals surface area contributed by atoms with Crippen LogP contribution in [0.4, 0.5) is 51.2 Å². The van der Waals surface area contributed by atoms with Crippen molar-refractivity contribution in [1.29, 1.82) is 0 Å². The molecule has 79 heavy (non-hydrogen) atoms. The van der Waals surface area contributed by atoms with Crippen LogP contribution in [0.3, 0.4) is 0 Å². The van der Waals surface area contributed by atoms with Gasteiger partial charge in [-0.2, -0.15) is 0 Å². The second-order valence-corrected chi connectivity index (χ2v) is 23.5. The third-order valence-electron chi connectivity index (χ3n) is 17.6. The molecule has 0 N–H and O–H groups in total. The van der Waals surface area contributed by atoms with E-state index in [4.69, 9.17) is 0 Å². The van der Waals surface area contributed by atoms with Gasteiger partial charge in [0.05, 0.1) is 22.5 Å². The molecule has 6 heteroatoms. The SMILES string of the molecule is c1ccc(N2c3cc(N(c4ccccc4)c4cccc5sc6ccccc6c45)cc4c3B(c3ccc5c(c32)-c2ccccc2C52c3ccccc3-c3ccccc32)c2ccc3sc5ccccc5c3c2N4c2ccccc2)cc1. The Labute approximate surface area is 465 Å². The lowest BCUT2D eigenvalue weighted by molar-refractivity contribution is 0.794. The van der Waals surface area contributed by atoms with Crippen molar-refractivity contribution in [3.05, 3.63) is 289 Å². The molecule has 2 aliphatic carbocycles. The van der Waals surface area contributed by atoms with Crippen LogP contribution in [-0.4, -0.2) is 6.71 Å². The summed E-state index contributed by atoms with van der Waals surface area (Å²) in [7, 11) is 0. The summed E-state index contributed by atoms with van der Waals surface area (Å²) in [5.41, 5.74) is 24.3. The van der Waals surface area contributed by atoms with E-state index >= 15 is 0 Å². The third kappa shape index (κ3) is 5.76. The average Bonchev–Trinajstić information content (AvgIpc) is 2.54. The molecular weight excluding hydrogens is 994 g/mol. The maximum Gasteiger partial charge on any atom is 0.252 e. The first-order chi connectivity index (χ1) is 39.2. The van der Waals surface area contributed by atoms with Crippen molar-refractivity contribution in [3.63, 3.8) is 0 Å². The fraction of sp³-hybridized carbons (Fsp3) is 0.0137. The predicted molar refractivity (Wildman–Crippen MR) is 337 cm³/mol. The summed E-state index contributed by atoms with van der Waals surface area (Å²) in [5, 5.41) is 5.11. The molecule has 0 saturated heterocycles. The lowest BCUT2D eigenvalue weighted by Crippen LogP contribution is -2.61. The zero-order chi connectivity index (χ0) is 51.5. The van der Waals surface area contributed by atoms with Crippen LogP contribution >= 0.6 is 22.7 Å². The number of fused-ring (bicyclic) bond motifs is 22. The number of hydrogen-bond donors (Lipinski definition) is 0. The summed E-state index contributed by atoms with van der Waals surface area (Å²) < 4.78 is 5.13. The molecule has 3 nitrogen and oxygen atoms in total. The molecule has 14 aromatic rings. The van der Waals surface area contributed by atoms with E-state index in [1.807, 2.05) is 22.7 Å². The summed E-state index contributed by atoms with van der Waals surface area (Å²) >= 11 is 3.76. The molecule has 366 valence electrons. The summed E-state index contributed by atoms with van der Waals surface area (Å²) in [6.07, 6.45) is 0. The maximum atomic E-state index is 2.66. The van der Waals surface area contributed by atoms with Crippen molar-refractivity contribution < 1.29 is 0 Å². The number of hydrogen-bond acceptors (Lipinski definition) is 5. The average molecular weight is 1040 g/mol. The number of nitrogens with zero attached hydrogens (tertiary/aromatic N) is 3. The van der Waals surface area contributed by atoms with E-state index in [0.717, 1.165) is 28.4 Å². The Kier molecular flexibility index (Phi) is 9.00. The fourth-order valence-corrected chi connectivity index (χ4v) is 16.9. The lowest BCUT2D eigenvalue weighted by Gasteiger charge is -2.46. The van der Waals surface area contributed by atoms with E-state index in [9.17, 15) is 0 Å². The van der Waals surface area contributed by atoms with Crippen LogP contribution in [0.25, 0.3) is 62.6 Å². The highest BCUT2D eigenvalue weighted by atomic mass is 32.1. The van der Waals surface area contributed by atoms with Crippen LogP contribution in [0.1, 0.15) is 22.3 Å². The molecule has 0 atom stereocenters. The van der Waals surface area contributed by atoms with Crippen LogP contribution in [0.2, 0.25) is 0 Å². The Morgan fingerprint density at radius 3 is 1.48 bits per heavy atom. The van der Waals surface area contributed by atoms with Gasteiger partial charge in [0.15, 0.2) is 0 Å². The van der Waals surface area contributed by atoms with Gasteiger partial charge in [-0.3, -0.25) is 0 Å². The van der Waals surface area contributed by atoms with Crippen molar-refractivity contribution >= 4 is 137 Å². The van der Waals surface area contributed by atoms with Gasteiger partial charge in [-0.15, -0.1) is 22.7 Å². The van der Waals surface area contributed by atoms with Crippen molar-refractivity contribution in [2.24, 2.45) is 0 Å². The van der Waals surface area contributed by atoms with Gasteiger partial charge in [-0.1, -0.05) is 188 Å². The lowest BCUT2D eigenvalue weighted by atomic mass is 9.33. The molecule has 1 spiro atoms. The molecule has 4 heterocycles. The van der Waals surface area contributed by atoms with E-state index in [2.05, 4.69) is 282 Å². The summed E-state index contributed by atoms with van der Waals surface area (Å²) in [5.74, 6) is 0. The van der Waals surface area contributed by atoms with Crippen LogP contribution in [0, 0.1) is 0 Å². The minimum Gasteiger partial charge on any atom is -0.311 e. The topological polar surface area (TPSA) is 9.72 Å². The first kappa shape index (κ1) is 43.6. The number of anilines is 9. The van der Waals surface area contributed by atoms with Gasteiger partial charge in [-0.05, 0) is 134 Å². The van der Waals surface area contributed by atoms with Gasteiger partial charge >= 0.3 is 0 Å². The minimum atomic E-state index is -0.522.